The van der Waals surface area contributed by atoms with Crippen LogP contribution in [-0.4, -0.2) is 46.6 Å². The Kier molecular flexibility index (Phi) is 5.29. The largest absolute Gasteiger partial charge is 0.481 e. The second-order valence-electron chi connectivity index (χ2n) is 4.60. The Labute approximate surface area is 122 Å². The van der Waals surface area contributed by atoms with Crippen LogP contribution in [0.25, 0.3) is 0 Å². The van der Waals surface area contributed by atoms with Crippen molar-refractivity contribution in [1.29, 1.82) is 0 Å². The molecule has 1 aromatic rings. The van der Waals surface area contributed by atoms with Crippen LogP contribution >= 0.6 is 11.8 Å². The van der Waals surface area contributed by atoms with Gasteiger partial charge in [-0.2, -0.15) is 11.8 Å². The van der Waals surface area contributed by atoms with Gasteiger partial charge in [0.05, 0.1) is 6.42 Å². The standard InChI is InChI=1S/C14H18N2O3S/c17-13(18)9-11-3-1-2-4-12(11)10-15-14(19)16-5-7-20-8-6-16/h1-4H,5-10H2,(H,15,19)(H,17,18). The van der Waals surface area contributed by atoms with Gasteiger partial charge in [-0.25, -0.2) is 4.79 Å². The van der Waals surface area contributed by atoms with E-state index in [0.717, 1.165) is 35.7 Å². The molecule has 108 valence electrons. The quantitative estimate of drug-likeness (QED) is 0.884. The fourth-order valence-corrected chi connectivity index (χ4v) is 3.02. The number of carbonyl (C=O) groups is 2. The third-order valence-corrected chi connectivity index (χ3v) is 4.13. The average Bonchev–Trinajstić information content (AvgIpc) is 2.46. The number of nitrogens with zero attached hydrogens (tertiary/aromatic N) is 1. The van der Waals surface area contributed by atoms with E-state index in [4.69, 9.17) is 5.11 Å². The molecule has 20 heavy (non-hydrogen) atoms. The molecular formula is C14H18N2O3S. The maximum Gasteiger partial charge on any atom is 0.317 e. The lowest BCUT2D eigenvalue weighted by molar-refractivity contribution is -0.136. The zero-order valence-electron chi connectivity index (χ0n) is 11.2. The normalized spacial score (nSPS) is 14.9. The highest BCUT2D eigenvalue weighted by atomic mass is 32.2. The van der Waals surface area contributed by atoms with Gasteiger partial charge in [-0.15, -0.1) is 0 Å². The molecule has 1 saturated heterocycles. The second kappa shape index (κ2) is 7.19. The summed E-state index contributed by atoms with van der Waals surface area (Å²) in [5.74, 6) is 1.09. The van der Waals surface area contributed by atoms with Crippen LogP contribution in [0.3, 0.4) is 0 Å². The van der Waals surface area contributed by atoms with E-state index < -0.39 is 5.97 Å². The summed E-state index contributed by atoms with van der Waals surface area (Å²) in [4.78, 5) is 24.6. The Morgan fingerprint density at radius 2 is 1.85 bits per heavy atom. The van der Waals surface area contributed by atoms with Crippen molar-refractivity contribution in [3.8, 4) is 0 Å². The number of rotatable bonds is 4. The first-order chi connectivity index (χ1) is 9.66. The highest BCUT2D eigenvalue weighted by molar-refractivity contribution is 7.99. The van der Waals surface area contributed by atoms with Gasteiger partial charge >= 0.3 is 12.0 Å². The van der Waals surface area contributed by atoms with Gasteiger partial charge in [0.2, 0.25) is 0 Å². The molecule has 2 amide bonds. The minimum atomic E-state index is -0.864. The van der Waals surface area contributed by atoms with Crippen molar-refractivity contribution < 1.29 is 14.7 Å². The van der Waals surface area contributed by atoms with Gasteiger partial charge in [0, 0.05) is 31.1 Å². The molecule has 2 N–H and O–H groups in total. The SMILES string of the molecule is O=C(O)Cc1ccccc1CNC(=O)N1CCSCC1. The number of carbonyl (C=O) groups excluding carboxylic acids is 1. The first-order valence-corrected chi connectivity index (χ1v) is 7.71. The van der Waals surface area contributed by atoms with Crippen LogP contribution in [0, 0.1) is 0 Å². The van der Waals surface area contributed by atoms with E-state index in [1.165, 1.54) is 0 Å². The van der Waals surface area contributed by atoms with Gasteiger partial charge in [0.1, 0.15) is 0 Å². The van der Waals surface area contributed by atoms with Gasteiger partial charge < -0.3 is 15.3 Å². The van der Waals surface area contributed by atoms with E-state index in [-0.39, 0.29) is 12.5 Å². The van der Waals surface area contributed by atoms with Crippen LogP contribution in [0.1, 0.15) is 11.1 Å². The molecule has 1 aliphatic heterocycles. The summed E-state index contributed by atoms with van der Waals surface area (Å²) in [6.45, 7) is 1.91. The number of urea groups is 1. The van der Waals surface area contributed by atoms with Gasteiger partial charge in [0.25, 0.3) is 0 Å². The fourth-order valence-electron chi connectivity index (χ4n) is 2.11. The highest BCUT2D eigenvalue weighted by Gasteiger charge is 2.16. The Balaban J connectivity index is 1.92. The number of benzene rings is 1. The average molecular weight is 294 g/mol. The number of carboxylic acids is 1. The van der Waals surface area contributed by atoms with Crippen molar-refractivity contribution in [2.45, 2.75) is 13.0 Å². The lowest BCUT2D eigenvalue weighted by Gasteiger charge is -2.26. The highest BCUT2D eigenvalue weighted by Crippen LogP contribution is 2.11. The molecule has 2 rings (SSSR count). The Bertz CT molecular complexity index is 487. The number of nitrogens with one attached hydrogen (secondary N) is 1. The molecule has 0 aromatic heterocycles. The first-order valence-electron chi connectivity index (χ1n) is 6.56. The molecule has 1 aromatic carbocycles. The van der Waals surface area contributed by atoms with Crippen LogP contribution in [0.5, 0.6) is 0 Å². The summed E-state index contributed by atoms with van der Waals surface area (Å²) in [7, 11) is 0. The zero-order valence-corrected chi connectivity index (χ0v) is 12.0. The van der Waals surface area contributed by atoms with E-state index in [1.807, 2.05) is 30.0 Å². The van der Waals surface area contributed by atoms with Crippen molar-refractivity contribution in [2.24, 2.45) is 0 Å². The summed E-state index contributed by atoms with van der Waals surface area (Å²) in [5.41, 5.74) is 1.60. The van der Waals surface area contributed by atoms with Crippen LogP contribution in [0.15, 0.2) is 24.3 Å². The van der Waals surface area contributed by atoms with E-state index in [9.17, 15) is 9.59 Å². The monoisotopic (exact) mass is 294 g/mol. The molecule has 0 radical (unpaired) electrons. The predicted octanol–water partition coefficient (Wildman–Crippen LogP) is 1.57. The number of amides is 2. The molecule has 0 unspecified atom stereocenters. The maximum absolute atomic E-state index is 12.0. The molecule has 5 nitrogen and oxygen atoms in total. The van der Waals surface area contributed by atoms with Gasteiger partial charge in [-0.3, -0.25) is 4.79 Å². The van der Waals surface area contributed by atoms with Crippen molar-refractivity contribution in [3.05, 3.63) is 35.4 Å². The van der Waals surface area contributed by atoms with Crippen molar-refractivity contribution in [1.82, 2.24) is 10.2 Å². The molecule has 0 bridgehead atoms. The molecular weight excluding hydrogens is 276 g/mol. The fraction of sp³-hybridized carbons (Fsp3) is 0.429. The summed E-state index contributed by atoms with van der Waals surface area (Å²) >= 11 is 1.85. The predicted molar refractivity (Wildman–Crippen MR) is 78.9 cm³/mol. The zero-order chi connectivity index (χ0) is 14.4. The molecule has 0 atom stereocenters. The molecule has 1 heterocycles. The number of thioether (sulfide) groups is 1. The summed E-state index contributed by atoms with van der Waals surface area (Å²) < 4.78 is 0. The third-order valence-electron chi connectivity index (χ3n) is 3.19. The van der Waals surface area contributed by atoms with E-state index in [1.54, 1.807) is 11.0 Å². The lowest BCUT2D eigenvalue weighted by atomic mass is 10.0. The number of carboxylic acid groups (broad SMARTS) is 1. The molecule has 0 aliphatic carbocycles. The van der Waals surface area contributed by atoms with Gasteiger partial charge in [-0.05, 0) is 11.1 Å². The minimum absolute atomic E-state index is 0.0214. The van der Waals surface area contributed by atoms with Crippen LogP contribution < -0.4 is 5.32 Å². The van der Waals surface area contributed by atoms with E-state index >= 15 is 0 Å². The number of hydrogen-bond acceptors (Lipinski definition) is 3. The third kappa shape index (κ3) is 4.16. The Hall–Kier alpha value is -1.69. The van der Waals surface area contributed by atoms with Crippen molar-refractivity contribution >= 4 is 23.8 Å². The number of hydrogen-bond donors (Lipinski definition) is 2. The molecule has 0 spiro atoms. The maximum atomic E-state index is 12.0. The minimum Gasteiger partial charge on any atom is -0.481 e. The molecule has 1 aliphatic rings. The van der Waals surface area contributed by atoms with E-state index in [0.29, 0.717) is 6.54 Å². The Morgan fingerprint density at radius 3 is 2.50 bits per heavy atom. The van der Waals surface area contributed by atoms with E-state index in [2.05, 4.69) is 5.32 Å². The Morgan fingerprint density at radius 1 is 1.20 bits per heavy atom. The van der Waals surface area contributed by atoms with Crippen LogP contribution in [0.2, 0.25) is 0 Å². The second-order valence-corrected chi connectivity index (χ2v) is 5.82. The lowest BCUT2D eigenvalue weighted by Crippen LogP contribution is -2.44. The van der Waals surface area contributed by atoms with Gasteiger partial charge in [-0.1, -0.05) is 24.3 Å². The summed E-state index contributed by atoms with van der Waals surface area (Å²) in [6, 6.07) is 7.23. The van der Waals surface area contributed by atoms with Crippen LogP contribution in [-0.2, 0) is 17.8 Å². The van der Waals surface area contributed by atoms with Crippen molar-refractivity contribution in [2.75, 3.05) is 24.6 Å². The first kappa shape index (κ1) is 14.7. The smallest absolute Gasteiger partial charge is 0.317 e. The van der Waals surface area contributed by atoms with Crippen molar-refractivity contribution in [3.63, 3.8) is 0 Å². The number of aliphatic carboxylic acids is 1. The van der Waals surface area contributed by atoms with Gasteiger partial charge in [0.15, 0.2) is 0 Å². The summed E-state index contributed by atoms with van der Waals surface area (Å²) in [5, 5.41) is 11.7. The summed E-state index contributed by atoms with van der Waals surface area (Å²) in [6.07, 6.45) is -0.0214. The van der Waals surface area contributed by atoms with Crippen LogP contribution in [0.4, 0.5) is 4.79 Å². The molecule has 6 heteroatoms. The topological polar surface area (TPSA) is 69.6 Å². The molecule has 0 saturated carbocycles. The molecule has 1 fully saturated rings.